The van der Waals surface area contributed by atoms with Gasteiger partial charge in [0, 0.05) is 18.1 Å². The van der Waals surface area contributed by atoms with Crippen LogP contribution in [0.5, 0.6) is 0 Å². The second-order valence-electron chi connectivity index (χ2n) is 3.00. The fourth-order valence-corrected chi connectivity index (χ4v) is 1.56. The van der Waals surface area contributed by atoms with E-state index >= 15 is 0 Å². The van der Waals surface area contributed by atoms with E-state index in [4.69, 9.17) is 0 Å². The van der Waals surface area contributed by atoms with Crippen molar-refractivity contribution in [2.45, 2.75) is 32.7 Å². The third-order valence-electron chi connectivity index (χ3n) is 1.81. The largest absolute Gasteiger partial charge is 0.337 e. The molecular formula is C9H16Br2N2. The van der Waals surface area contributed by atoms with E-state index in [9.17, 15) is 0 Å². The molecule has 0 aliphatic carbocycles. The molecule has 1 aromatic heterocycles. The number of nitrogens with zero attached hydrogens (tertiary/aromatic N) is 2. The minimum atomic E-state index is 0. The Kier molecular flexibility index (Phi) is 7.66. The third-order valence-corrected chi connectivity index (χ3v) is 2.37. The summed E-state index contributed by atoms with van der Waals surface area (Å²) in [5.41, 5.74) is 1.11. The lowest BCUT2D eigenvalue weighted by Gasteiger charge is -1.99. The Labute approximate surface area is 98.6 Å². The average molecular weight is 312 g/mol. The Hall–Kier alpha value is 0.170. The lowest BCUT2D eigenvalue weighted by molar-refractivity contribution is 0.604. The predicted octanol–water partition coefficient (Wildman–Crippen LogP) is 3.33. The minimum absolute atomic E-state index is 0. The molecule has 13 heavy (non-hydrogen) atoms. The summed E-state index contributed by atoms with van der Waals surface area (Å²) in [6.07, 6.45) is 7.81. The minimum Gasteiger partial charge on any atom is -0.337 e. The molecule has 0 fully saturated rings. The van der Waals surface area contributed by atoms with Gasteiger partial charge in [0.25, 0.3) is 0 Å². The zero-order valence-corrected chi connectivity index (χ0v) is 11.2. The highest BCUT2D eigenvalue weighted by Crippen LogP contribution is 2.02. The Bertz CT molecular complexity index is 223. The van der Waals surface area contributed by atoms with Crippen molar-refractivity contribution in [3.8, 4) is 0 Å². The highest BCUT2D eigenvalue weighted by Gasteiger charge is 1.92. The summed E-state index contributed by atoms with van der Waals surface area (Å²) in [7, 11) is 0. The molecule has 0 radical (unpaired) electrons. The van der Waals surface area contributed by atoms with Crippen molar-refractivity contribution in [2.24, 2.45) is 0 Å². The molecule has 0 amide bonds. The first kappa shape index (κ1) is 13.2. The fourth-order valence-electron chi connectivity index (χ4n) is 1.16. The maximum atomic E-state index is 4.17. The van der Waals surface area contributed by atoms with Gasteiger partial charge in [-0.1, -0.05) is 22.4 Å². The van der Waals surface area contributed by atoms with Gasteiger partial charge in [0.05, 0.1) is 12.0 Å². The second-order valence-corrected chi connectivity index (χ2v) is 3.80. The van der Waals surface area contributed by atoms with Gasteiger partial charge in [0.2, 0.25) is 0 Å². The Morgan fingerprint density at radius 2 is 2.15 bits per heavy atom. The summed E-state index contributed by atoms with van der Waals surface area (Å²) in [5.74, 6) is 0. The van der Waals surface area contributed by atoms with Crippen LogP contribution in [0.4, 0.5) is 0 Å². The molecule has 0 aromatic carbocycles. The Morgan fingerprint density at radius 1 is 1.38 bits per heavy atom. The molecule has 1 heterocycles. The first-order valence-corrected chi connectivity index (χ1v) is 5.49. The van der Waals surface area contributed by atoms with Gasteiger partial charge in [-0.15, -0.1) is 17.0 Å². The molecule has 0 aliphatic heterocycles. The summed E-state index contributed by atoms with van der Waals surface area (Å²) in [6.45, 7) is 3.13. The summed E-state index contributed by atoms with van der Waals surface area (Å²) in [5, 5.41) is 1.12. The monoisotopic (exact) mass is 310 g/mol. The van der Waals surface area contributed by atoms with Crippen molar-refractivity contribution < 1.29 is 0 Å². The molecule has 4 heteroatoms. The van der Waals surface area contributed by atoms with Gasteiger partial charge in [-0.2, -0.15) is 0 Å². The Balaban J connectivity index is 0.00000144. The average Bonchev–Trinajstić information content (AvgIpc) is 2.45. The van der Waals surface area contributed by atoms with E-state index in [0.29, 0.717) is 0 Å². The van der Waals surface area contributed by atoms with E-state index < -0.39 is 0 Å². The zero-order valence-electron chi connectivity index (χ0n) is 7.87. The Morgan fingerprint density at radius 3 is 2.69 bits per heavy atom. The van der Waals surface area contributed by atoms with Crippen LogP contribution in [0.25, 0.3) is 0 Å². The molecule has 76 valence electrons. The molecule has 0 saturated carbocycles. The van der Waals surface area contributed by atoms with Crippen LogP contribution in [0.15, 0.2) is 12.5 Å². The van der Waals surface area contributed by atoms with E-state index in [-0.39, 0.29) is 17.0 Å². The van der Waals surface area contributed by atoms with Crippen molar-refractivity contribution in [3.05, 3.63) is 18.2 Å². The van der Waals surface area contributed by atoms with Crippen molar-refractivity contribution in [3.63, 3.8) is 0 Å². The number of aryl methyl sites for hydroxylation is 2. The summed E-state index contributed by atoms with van der Waals surface area (Å²) in [6, 6.07) is 0. The lowest BCUT2D eigenvalue weighted by atomic mass is 10.2. The maximum absolute atomic E-state index is 4.17. The molecule has 0 N–H and O–H groups in total. The number of hydrogen-bond acceptors (Lipinski definition) is 1. The molecule has 0 saturated heterocycles. The summed E-state index contributed by atoms with van der Waals surface area (Å²) >= 11 is 3.42. The summed E-state index contributed by atoms with van der Waals surface area (Å²) in [4.78, 5) is 4.17. The summed E-state index contributed by atoms with van der Waals surface area (Å²) < 4.78 is 2.16. The van der Waals surface area contributed by atoms with Gasteiger partial charge < -0.3 is 4.57 Å². The number of unbranched alkanes of at least 4 members (excludes halogenated alkanes) is 2. The number of rotatable bonds is 5. The molecule has 0 spiro atoms. The maximum Gasteiger partial charge on any atom is 0.0949 e. The van der Waals surface area contributed by atoms with Gasteiger partial charge in [-0.05, 0) is 19.8 Å². The van der Waals surface area contributed by atoms with Crippen LogP contribution in [0.3, 0.4) is 0 Å². The third kappa shape index (κ3) is 5.47. The predicted molar refractivity (Wildman–Crippen MR) is 64.9 cm³/mol. The quantitative estimate of drug-likeness (QED) is 0.602. The molecule has 1 aromatic rings. The van der Waals surface area contributed by atoms with Crippen molar-refractivity contribution in [1.82, 2.24) is 9.55 Å². The SMILES string of the molecule is Br.Cc1cn(CCCCCBr)cn1. The van der Waals surface area contributed by atoms with Crippen LogP contribution in [0.2, 0.25) is 0 Å². The van der Waals surface area contributed by atoms with Gasteiger partial charge in [0.15, 0.2) is 0 Å². The second kappa shape index (κ2) is 7.56. The highest BCUT2D eigenvalue weighted by molar-refractivity contribution is 9.09. The normalized spacial score (nSPS) is 9.69. The standard InChI is InChI=1S/C9H15BrN2.BrH/c1-9-7-12(8-11-9)6-4-2-3-5-10;/h7-8H,2-6H2,1H3;1H. The van der Waals surface area contributed by atoms with E-state index in [2.05, 4.69) is 31.7 Å². The van der Waals surface area contributed by atoms with Crippen LogP contribution in [-0.2, 0) is 6.54 Å². The zero-order chi connectivity index (χ0) is 8.81. The highest BCUT2D eigenvalue weighted by atomic mass is 79.9. The number of alkyl halides is 1. The number of halogens is 2. The number of aromatic nitrogens is 2. The molecular weight excluding hydrogens is 296 g/mol. The first-order valence-electron chi connectivity index (χ1n) is 4.37. The van der Waals surface area contributed by atoms with Gasteiger partial charge in [-0.25, -0.2) is 4.98 Å². The lowest BCUT2D eigenvalue weighted by Crippen LogP contribution is -1.94. The van der Waals surface area contributed by atoms with Crippen molar-refractivity contribution in [1.29, 1.82) is 0 Å². The first-order chi connectivity index (χ1) is 5.83. The van der Waals surface area contributed by atoms with E-state index in [1.807, 2.05) is 13.3 Å². The van der Waals surface area contributed by atoms with E-state index in [1.54, 1.807) is 0 Å². The molecule has 1 rings (SSSR count). The van der Waals surface area contributed by atoms with Crippen LogP contribution < -0.4 is 0 Å². The van der Waals surface area contributed by atoms with Crippen LogP contribution >= 0.6 is 32.9 Å². The molecule has 0 aliphatic rings. The molecule has 0 atom stereocenters. The van der Waals surface area contributed by atoms with E-state index in [1.165, 1.54) is 19.3 Å². The molecule has 0 bridgehead atoms. The topological polar surface area (TPSA) is 17.8 Å². The fraction of sp³-hybridized carbons (Fsp3) is 0.667. The van der Waals surface area contributed by atoms with Crippen molar-refractivity contribution >= 4 is 32.9 Å². The van der Waals surface area contributed by atoms with Gasteiger partial charge in [0.1, 0.15) is 0 Å². The molecule has 2 nitrogen and oxygen atoms in total. The van der Waals surface area contributed by atoms with E-state index in [0.717, 1.165) is 17.6 Å². The number of hydrogen-bond donors (Lipinski definition) is 0. The number of imidazole rings is 1. The van der Waals surface area contributed by atoms with Crippen molar-refractivity contribution in [2.75, 3.05) is 5.33 Å². The van der Waals surface area contributed by atoms with Crippen LogP contribution in [0.1, 0.15) is 25.0 Å². The van der Waals surface area contributed by atoms with Crippen LogP contribution in [-0.4, -0.2) is 14.9 Å². The van der Waals surface area contributed by atoms with Crippen LogP contribution in [0, 0.1) is 6.92 Å². The van der Waals surface area contributed by atoms with Gasteiger partial charge >= 0.3 is 0 Å². The smallest absolute Gasteiger partial charge is 0.0949 e. The van der Waals surface area contributed by atoms with Gasteiger partial charge in [-0.3, -0.25) is 0 Å². The molecule has 0 unspecified atom stereocenters.